The largest absolute Gasteiger partial charge is 0.439 e. The minimum absolute atomic E-state index is 0. The third-order valence-corrected chi connectivity index (χ3v) is 4.51. The fraction of sp³-hybridized carbons (Fsp3) is 0.474. The molecule has 0 spiro atoms. The fourth-order valence-corrected chi connectivity index (χ4v) is 3.04. The summed E-state index contributed by atoms with van der Waals surface area (Å²) in [5.74, 6) is 1.79. The molecule has 0 bridgehead atoms. The zero-order valence-electron chi connectivity index (χ0n) is 15.6. The van der Waals surface area contributed by atoms with Crippen molar-refractivity contribution >= 4 is 30.7 Å². The second-order valence-corrected chi connectivity index (χ2v) is 6.35. The summed E-state index contributed by atoms with van der Waals surface area (Å²) in [6, 6.07) is 10.0. The number of rotatable bonds is 7. The molecule has 0 atom stereocenters. The van der Waals surface area contributed by atoms with Gasteiger partial charge in [-0.3, -0.25) is 9.69 Å². The molecule has 0 unspecified atom stereocenters. The van der Waals surface area contributed by atoms with Gasteiger partial charge < -0.3 is 14.6 Å². The van der Waals surface area contributed by atoms with E-state index in [4.69, 9.17) is 4.42 Å². The Kier molecular flexibility index (Phi) is 10.4. The van der Waals surface area contributed by atoms with E-state index >= 15 is 0 Å². The first kappa shape index (κ1) is 23.4. The molecule has 1 N–H and O–H groups in total. The van der Waals surface area contributed by atoms with Gasteiger partial charge in [0.15, 0.2) is 5.76 Å². The van der Waals surface area contributed by atoms with E-state index in [0.29, 0.717) is 13.0 Å². The second kappa shape index (κ2) is 12.0. The van der Waals surface area contributed by atoms with E-state index in [9.17, 15) is 4.79 Å². The quantitative estimate of drug-likeness (QED) is 0.705. The summed E-state index contributed by atoms with van der Waals surface area (Å²) in [6.45, 7) is 4.87. The van der Waals surface area contributed by atoms with Gasteiger partial charge in [-0.05, 0) is 20.0 Å². The summed E-state index contributed by atoms with van der Waals surface area (Å²) < 4.78 is 5.87. The molecule has 150 valence electrons. The first-order valence-electron chi connectivity index (χ1n) is 8.91. The highest BCUT2D eigenvalue weighted by atomic mass is 35.5. The van der Waals surface area contributed by atoms with Crippen molar-refractivity contribution in [3.05, 3.63) is 42.4 Å². The van der Waals surface area contributed by atoms with Gasteiger partial charge in [-0.1, -0.05) is 30.3 Å². The monoisotopic (exact) mass is 414 g/mol. The van der Waals surface area contributed by atoms with Gasteiger partial charge in [0.25, 0.3) is 0 Å². The maximum atomic E-state index is 12.1. The van der Waals surface area contributed by atoms with Crippen LogP contribution in [0.4, 0.5) is 0 Å². The Bertz CT molecular complexity index is 673. The van der Waals surface area contributed by atoms with Crippen molar-refractivity contribution in [1.29, 1.82) is 0 Å². The highest BCUT2D eigenvalue weighted by Gasteiger charge is 2.21. The summed E-state index contributed by atoms with van der Waals surface area (Å²) in [5, 5.41) is 3.08. The molecule has 1 aliphatic heterocycles. The molecule has 6 nitrogen and oxygen atoms in total. The lowest BCUT2D eigenvalue weighted by atomic mass is 10.2. The SMILES string of the molecule is CNCCCC(=O)N1CCN(Cc2ncc(-c3ccccc3)o2)CC1.Cl.Cl. The van der Waals surface area contributed by atoms with Crippen molar-refractivity contribution in [3.8, 4) is 11.3 Å². The van der Waals surface area contributed by atoms with Crippen LogP contribution in [0.3, 0.4) is 0 Å². The molecule has 1 fully saturated rings. The number of hydrogen-bond donors (Lipinski definition) is 1. The van der Waals surface area contributed by atoms with Crippen LogP contribution in [0.1, 0.15) is 18.7 Å². The Morgan fingerprint density at radius 3 is 2.52 bits per heavy atom. The standard InChI is InChI=1S/C19H26N4O2.2ClH/c1-20-9-5-8-19(24)23-12-10-22(11-13-23)15-18-21-14-17(25-18)16-6-3-2-4-7-16;;/h2-4,6-7,14,20H,5,8-13,15H2,1H3;2*1H. The van der Waals surface area contributed by atoms with Crippen molar-refractivity contribution < 1.29 is 9.21 Å². The first-order valence-corrected chi connectivity index (χ1v) is 8.91. The number of hydrogen-bond acceptors (Lipinski definition) is 5. The third kappa shape index (κ3) is 6.81. The van der Waals surface area contributed by atoms with E-state index in [1.54, 1.807) is 6.20 Å². The lowest BCUT2D eigenvalue weighted by molar-refractivity contribution is -0.133. The smallest absolute Gasteiger partial charge is 0.222 e. The number of carbonyl (C=O) groups is 1. The number of piperazine rings is 1. The van der Waals surface area contributed by atoms with Gasteiger partial charge >= 0.3 is 0 Å². The lowest BCUT2D eigenvalue weighted by Gasteiger charge is -2.34. The van der Waals surface area contributed by atoms with Gasteiger partial charge in [-0.2, -0.15) is 0 Å². The summed E-state index contributed by atoms with van der Waals surface area (Å²) in [4.78, 5) is 20.8. The fourth-order valence-electron chi connectivity index (χ4n) is 3.04. The van der Waals surface area contributed by atoms with Crippen LogP contribution in [0.15, 0.2) is 40.9 Å². The summed E-state index contributed by atoms with van der Waals surface area (Å²) in [7, 11) is 1.91. The van der Waals surface area contributed by atoms with Crippen LogP contribution in [-0.4, -0.2) is 60.5 Å². The Hall–Kier alpha value is -1.60. The van der Waals surface area contributed by atoms with Crippen LogP contribution >= 0.6 is 24.8 Å². The summed E-state index contributed by atoms with van der Waals surface area (Å²) in [5.41, 5.74) is 1.04. The number of aromatic nitrogens is 1. The van der Waals surface area contributed by atoms with E-state index < -0.39 is 0 Å². The molecule has 1 amide bonds. The predicted molar refractivity (Wildman–Crippen MR) is 111 cm³/mol. The van der Waals surface area contributed by atoms with E-state index in [2.05, 4.69) is 15.2 Å². The molecule has 0 radical (unpaired) electrons. The molecule has 0 aliphatic carbocycles. The Balaban J connectivity index is 0.00000182. The second-order valence-electron chi connectivity index (χ2n) is 6.35. The van der Waals surface area contributed by atoms with Crippen LogP contribution < -0.4 is 5.32 Å². The number of halogens is 2. The highest BCUT2D eigenvalue weighted by molar-refractivity contribution is 5.85. The number of nitrogens with zero attached hydrogens (tertiary/aromatic N) is 3. The molecular formula is C19H28Cl2N4O2. The maximum absolute atomic E-state index is 12.1. The molecule has 1 aromatic heterocycles. The molecule has 0 saturated carbocycles. The average molecular weight is 415 g/mol. The zero-order valence-corrected chi connectivity index (χ0v) is 17.2. The number of carbonyl (C=O) groups excluding carboxylic acids is 1. The minimum Gasteiger partial charge on any atom is -0.439 e. The number of oxazole rings is 1. The zero-order chi connectivity index (χ0) is 17.5. The Labute approximate surface area is 173 Å². The lowest BCUT2D eigenvalue weighted by Crippen LogP contribution is -2.48. The van der Waals surface area contributed by atoms with Gasteiger partial charge in [0, 0.05) is 38.2 Å². The van der Waals surface area contributed by atoms with E-state index in [-0.39, 0.29) is 30.7 Å². The molecule has 3 rings (SSSR count). The van der Waals surface area contributed by atoms with Gasteiger partial charge in [0.2, 0.25) is 11.8 Å². The first-order chi connectivity index (χ1) is 12.3. The van der Waals surface area contributed by atoms with Crippen LogP contribution in [0.25, 0.3) is 11.3 Å². The molecule has 2 heterocycles. The van der Waals surface area contributed by atoms with Gasteiger partial charge in [-0.25, -0.2) is 4.98 Å². The van der Waals surface area contributed by atoms with E-state index in [0.717, 1.165) is 56.4 Å². The van der Waals surface area contributed by atoms with Crippen LogP contribution in [0.5, 0.6) is 0 Å². The normalized spacial score (nSPS) is 14.3. The Morgan fingerprint density at radius 2 is 1.85 bits per heavy atom. The molecule has 1 saturated heterocycles. The van der Waals surface area contributed by atoms with Gasteiger partial charge in [-0.15, -0.1) is 24.8 Å². The number of nitrogens with one attached hydrogen (secondary N) is 1. The Morgan fingerprint density at radius 1 is 1.15 bits per heavy atom. The molecule has 8 heteroatoms. The number of benzene rings is 1. The van der Waals surface area contributed by atoms with Gasteiger partial charge in [0.05, 0.1) is 12.7 Å². The topological polar surface area (TPSA) is 61.6 Å². The summed E-state index contributed by atoms with van der Waals surface area (Å²) in [6.07, 6.45) is 3.31. The van der Waals surface area contributed by atoms with Crippen LogP contribution in [0.2, 0.25) is 0 Å². The highest BCUT2D eigenvalue weighted by Crippen LogP contribution is 2.20. The third-order valence-electron chi connectivity index (χ3n) is 4.51. The van der Waals surface area contributed by atoms with Crippen molar-refractivity contribution in [2.75, 3.05) is 39.8 Å². The molecular weight excluding hydrogens is 387 g/mol. The summed E-state index contributed by atoms with van der Waals surface area (Å²) >= 11 is 0. The van der Waals surface area contributed by atoms with Crippen LogP contribution in [0, 0.1) is 0 Å². The molecule has 1 aliphatic rings. The maximum Gasteiger partial charge on any atom is 0.222 e. The van der Waals surface area contributed by atoms with Crippen molar-refractivity contribution in [1.82, 2.24) is 20.1 Å². The van der Waals surface area contributed by atoms with Crippen molar-refractivity contribution in [2.45, 2.75) is 19.4 Å². The molecule has 2 aromatic rings. The predicted octanol–water partition coefficient (Wildman–Crippen LogP) is 2.83. The van der Waals surface area contributed by atoms with Crippen LogP contribution in [-0.2, 0) is 11.3 Å². The molecule has 1 aromatic carbocycles. The molecule has 27 heavy (non-hydrogen) atoms. The average Bonchev–Trinajstić information content (AvgIpc) is 3.12. The van der Waals surface area contributed by atoms with E-state index in [1.165, 1.54) is 0 Å². The van der Waals surface area contributed by atoms with Crippen molar-refractivity contribution in [3.63, 3.8) is 0 Å². The van der Waals surface area contributed by atoms with Gasteiger partial charge in [0.1, 0.15) is 0 Å². The minimum atomic E-state index is 0. The van der Waals surface area contributed by atoms with E-state index in [1.807, 2.05) is 42.3 Å². The van der Waals surface area contributed by atoms with Crippen molar-refractivity contribution in [2.24, 2.45) is 0 Å². The number of amides is 1.